The summed E-state index contributed by atoms with van der Waals surface area (Å²) in [7, 11) is -3.77. The van der Waals surface area contributed by atoms with Crippen molar-refractivity contribution in [3.63, 3.8) is 0 Å². The van der Waals surface area contributed by atoms with Crippen LogP contribution in [0.2, 0.25) is 0 Å². The van der Waals surface area contributed by atoms with E-state index in [1.807, 2.05) is 0 Å². The number of nitrogens with zero attached hydrogens (tertiary/aromatic N) is 1. The number of rotatable bonds is 6. The molecule has 2 rings (SSSR count). The van der Waals surface area contributed by atoms with Gasteiger partial charge in [-0.05, 0) is 25.0 Å². The van der Waals surface area contributed by atoms with Crippen LogP contribution in [0.15, 0.2) is 23.4 Å². The van der Waals surface area contributed by atoms with Gasteiger partial charge in [-0.2, -0.15) is 0 Å². The van der Waals surface area contributed by atoms with Crippen LogP contribution >= 0.6 is 0 Å². The van der Waals surface area contributed by atoms with Crippen LogP contribution in [0.1, 0.15) is 23.2 Å². The summed E-state index contributed by atoms with van der Waals surface area (Å²) in [6, 6.07) is 2.33. The molecule has 1 heterocycles. The standard InChI is InChI=1S/C11H14N2O5S/c14-7-11(3-4-11)6-13-19(17,18)9-2-1-8(5-12-9)10(15)16/h1-2,5,13-14H,3-4,6-7H2,(H,15,16). The fourth-order valence-electron chi connectivity index (χ4n) is 1.56. The highest BCUT2D eigenvalue weighted by atomic mass is 32.2. The molecule has 0 aromatic carbocycles. The molecule has 1 aromatic heterocycles. The van der Waals surface area contributed by atoms with E-state index in [2.05, 4.69) is 9.71 Å². The fraction of sp³-hybridized carbons (Fsp3) is 0.455. The molecule has 1 saturated carbocycles. The lowest BCUT2D eigenvalue weighted by atomic mass is 10.1. The Hall–Kier alpha value is -1.51. The van der Waals surface area contributed by atoms with Crippen molar-refractivity contribution in [2.75, 3.05) is 13.2 Å². The van der Waals surface area contributed by atoms with Crippen molar-refractivity contribution in [2.24, 2.45) is 5.41 Å². The van der Waals surface area contributed by atoms with Crippen LogP contribution in [0.25, 0.3) is 0 Å². The van der Waals surface area contributed by atoms with Crippen molar-refractivity contribution < 1.29 is 23.4 Å². The van der Waals surface area contributed by atoms with Gasteiger partial charge < -0.3 is 10.2 Å². The Kier molecular flexibility index (Phi) is 3.57. The van der Waals surface area contributed by atoms with Crippen molar-refractivity contribution in [2.45, 2.75) is 17.9 Å². The van der Waals surface area contributed by atoms with Crippen molar-refractivity contribution >= 4 is 16.0 Å². The van der Waals surface area contributed by atoms with E-state index in [0.717, 1.165) is 25.1 Å². The maximum absolute atomic E-state index is 11.9. The van der Waals surface area contributed by atoms with E-state index in [1.54, 1.807) is 0 Å². The third-order valence-electron chi connectivity index (χ3n) is 3.19. The number of carbonyl (C=O) groups is 1. The van der Waals surface area contributed by atoms with Gasteiger partial charge in [-0.3, -0.25) is 0 Å². The van der Waals surface area contributed by atoms with Crippen molar-refractivity contribution in [3.05, 3.63) is 23.9 Å². The Morgan fingerprint density at radius 3 is 2.53 bits per heavy atom. The van der Waals surface area contributed by atoms with E-state index >= 15 is 0 Å². The molecule has 0 amide bonds. The Morgan fingerprint density at radius 1 is 1.42 bits per heavy atom. The lowest BCUT2D eigenvalue weighted by molar-refractivity contribution is 0.0696. The van der Waals surface area contributed by atoms with E-state index in [9.17, 15) is 13.2 Å². The topological polar surface area (TPSA) is 117 Å². The number of aromatic nitrogens is 1. The number of aliphatic hydroxyl groups is 1. The highest BCUT2D eigenvalue weighted by Crippen LogP contribution is 2.44. The maximum Gasteiger partial charge on any atom is 0.337 e. The van der Waals surface area contributed by atoms with E-state index in [0.29, 0.717) is 0 Å². The summed E-state index contributed by atoms with van der Waals surface area (Å²) in [4.78, 5) is 14.3. The lowest BCUT2D eigenvalue weighted by Gasteiger charge is -2.12. The first-order valence-corrected chi connectivity index (χ1v) is 7.17. The average molecular weight is 286 g/mol. The predicted octanol–water partition coefficient (Wildman–Crippen LogP) is -0.169. The zero-order chi connectivity index (χ0) is 14.1. The first kappa shape index (κ1) is 13.9. The van der Waals surface area contributed by atoms with E-state index in [4.69, 9.17) is 10.2 Å². The second-order valence-corrected chi connectivity index (χ2v) is 6.39. The quantitative estimate of drug-likeness (QED) is 0.668. The Labute approximate surface area is 110 Å². The first-order valence-electron chi connectivity index (χ1n) is 5.68. The molecule has 1 fully saturated rings. The van der Waals surface area contributed by atoms with E-state index < -0.39 is 16.0 Å². The summed E-state index contributed by atoms with van der Waals surface area (Å²) in [6.07, 6.45) is 2.57. The third-order valence-corrected chi connectivity index (χ3v) is 4.50. The lowest BCUT2D eigenvalue weighted by Crippen LogP contribution is -2.32. The Bertz CT molecular complexity index is 578. The molecule has 0 unspecified atom stereocenters. The molecule has 3 N–H and O–H groups in total. The predicted molar refractivity (Wildman–Crippen MR) is 65.1 cm³/mol. The Balaban J connectivity index is 2.08. The largest absolute Gasteiger partial charge is 0.478 e. The number of pyridine rings is 1. The molecule has 0 radical (unpaired) electrons. The summed E-state index contributed by atoms with van der Waals surface area (Å²) < 4.78 is 26.2. The van der Waals surface area contributed by atoms with Gasteiger partial charge in [0.2, 0.25) is 0 Å². The molecular formula is C11H14N2O5S. The van der Waals surface area contributed by atoms with Crippen LogP contribution in [-0.4, -0.2) is 42.7 Å². The second-order valence-electron chi connectivity index (χ2n) is 4.67. The number of nitrogens with one attached hydrogen (secondary N) is 1. The van der Waals surface area contributed by atoms with Gasteiger partial charge in [0, 0.05) is 24.8 Å². The summed E-state index contributed by atoms with van der Waals surface area (Å²) in [5, 5.41) is 17.6. The molecule has 7 nitrogen and oxygen atoms in total. The van der Waals surface area contributed by atoms with Gasteiger partial charge in [-0.15, -0.1) is 0 Å². The number of carboxylic acids is 1. The normalized spacial score (nSPS) is 17.1. The summed E-state index contributed by atoms with van der Waals surface area (Å²) in [6.45, 7) is 0.106. The highest BCUT2D eigenvalue weighted by Gasteiger charge is 2.42. The summed E-state index contributed by atoms with van der Waals surface area (Å²) in [5.74, 6) is -1.17. The average Bonchev–Trinajstić information content (AvgIpc) is 3.17. The molecule has 1 aliphatic carbocycles. The smallest absolute Gasteiger partial charge is 0.337 e. The van der Waals surface area contributed by atoms with Crippen molar-refractivity contribution in [1.29, 1.82) is 0 Å². The minimum absolute atomic E-state index is 0.0547. The Morgan fingerprint density at radius 2 is 2.11 bits per heavy atom. The minimum atomic E-state index is -3.77. The van der Waals surface area contributed by atoms with E-state index in [-0.39, 0.29) is 29.2 Å². The third kappa shape index (κ3) is 3.09. The zero-order valence-electron chi connectivity index (χ0n) is 10.0. The van der Waals surface area contributed by atoms with E-state index in [1.165, 1.54) is 6.07 Å². The second kappa shape index (κ2) is 4.87. The number of hydrogen-bond donors (Lipinski definition) is 3. The molecule has 0 spiro atoms. The van der Waals surface area contributed by atoms with Gasteiger partial charge in [-0.1, -0.05) is 0 Å². The summed E-state index contributed by atoms with van der Waals surface area (Å²) in [5.41, 5.74) is -0.415. The molecule has 1 aliphatic rings. The molecular weight excluding hydrogens is 272 g/mol. The number of carboxylic acid groups (broad SMARTS) is 1. The van der Waals surface area contributed by atoms with Gasteiger partial charge in [-0.25, -0.2) is 22.9 Å². The van der Waals surface area contributed by atoms with Crippen LogP contribution < -0.4 is 4.72 Å². The number of aliphatic hydroxyl groups excluding tert-OH is 1. The van der Waals surface area contributed by atoms with Crippen LogP contribution in [0.3, 0.4) is 0 Å². The van der Waals surface area contributed by atoms with Crippen LogP contribution in [-0.2, 0) is 10.0 Å². The van der Waals surface area contributed by atoms with Gasteiger partial charge in [0.25, 0.3) is 10.0 Å². The SMILES string of the molecule is O=C(O)c1ccc(S(=O)(=O)NCC2(CO)CC2)nc1. The van der Waals surface area contributed by atoms with Crippen LogP contribution in [0.4, 0.5) is 0 Å². The number of aromatic carboxylic acids is 1. The molecule has 0 atom stereocenters. The van der Waals surface area contributed by atoms with Crippen LogP contribution in [0, 0.1) is 5.41 Å². The highest BCUT2D eigenvalue weighted by molar-refractivity contribution is 7.89. The molecule has 19 heavy (non-hydrogen) atoms. The van der Waals surface area contributed by atoms with Gasteiger partial charge in [0.15, 0.2) is 5.03 Å². The molecule has 0 aliphatic heterocycles. The zero-order valence-corrected chi connectivity index (χ0v) is 10.9. The molecule has 104 valence electrons. The van der Waals surface area contributed by atoms with Crippen molar-refractivity contribution in [3.8, 4) is 0 Å². The molecule has 8 heteroatoms. The monoisotopic (exact) mass is 286 g/mol. The number of hydrogen-bond acceptors (Lipinski definition) is 5. The van der Waals surface area contributed by atoms with Gasteiger partial charge in [0.1, 0.15) is 0 Å². The van der Waals surface area contributed by atoms with Gasteiger partial charge >= 0.3 is 5.97 Å². The van der Waals surface area contributed by atoms with Gasteiger partial charge in [0.05, 0.1) is 5.56 Å². The van der Waals surface area contributed by atoms with Crippen molar-refractivity contribution in [1.82, 2.24) is 9.71 Å². The maximum atomic E-state index is 11.9. The fourth-order valence-corrected chi connectivity index (χ4v) is 2.64. The first-order chi connectivity index (χ1) is 8.88. The molecule has 0 bridgehead atoms. The minimum Gasteiger partial charge on any atom is -0.478 e. The molecule has 0 saturated heterocycles. The summed E-state index contributed by atoms with van der Waals surface area (Å²) >= 11 is 0. The van der Waals surface area contributed by atoms with Crippen LogP contribution in [0.5, 0.6) is 0 Å². The molecule has 1 aromatic rings. The number of sulfonamides is 1.